The van der Waals surface area contributed by atoms with E-state index in [0.717, 1.165) is 6.07 Å². The van der Waals surface area contributed by atoms with E-state index in [1.54, 1.807) is 37.2 Å². The lowest BCUT2D eigenvalue weighted by molar-refractivity contribution is 0.0695. The van der Waals surface area contributed by atoms with Crippen molar-refractivity contribution in [3.05, 3.63) is 69.4 Å². The van der Waals surface area contributed by atoms with Crippen LogP contribution in [0.2, 0.25) is 0 Å². The number of aryl methyl sites for hydroxylation is 1. The van der Waals surface area contributed by atoms with Crippen molar-refractivity contribution in [1.82, 2.24) is 14.5 Å². The van der Waals surface area contributed by atoms with Gasteiger partial charge in [-0.3, -0.25) is 9.78 Å². The van der Waals surface area contributed by atoms with Crippen LogP contribution in [-0.2, 0) is 17.7 Å². The summed E-state index contributed by atoms with van der Waals surface area (Å²) in [6.45, 7) is 3.03. The molecule has 0 radical (unpaired) electrons. The third-order valence-corrected chi connectivity index (χ3v) is 7.13. The molecule has 202 valence electrons. The first-order valence-corrected chi connectivity index (χ1v) is 12.4. The number of aromatic carboxylic acids is 1. The van der Waals surface area contributed by atoms with E-state index in [4.69, 9.17) is 4.74 Å². The Morgan fingerprint density at radius 2 is 2.00 bits per heavy atom. The van der Waals surface area contributed by atoms with Gasteiger partial charge >= 0.3 is 5.97 Å². The van der Waals surface area contributed by atoms with Gasteiger partial charge in [0.1, 0.15) is 11.2 Å². The van der Waals surface area contributed by atoms with Gasteiger partial charge in [-0.1, -0.05) is 0 Å². The van der Waals surface area contributed by atoms with Crippen LogP contribution in [0.25, 0.3) is 33.3 Å². The molecule has 0 saturated carbocycles. The molecule has 0 spiro atoms. The van der Waals surface area contributed by atoms with E-state index in [-0.39, 0.29) is 16.5 Å². The maximum atomic E-state index is 15.4. The van der Waals surface area contributed by atoms with Gasteiger partial charge in [0.05, 0.1) is 23.4 Å². The molecule has 0 fully saturated rings. The number of nitrogens with zero attached hydrogens (tertiary/aromatic N) is 4. The Bertz CT molecular complexity index is 1700. The van der Waals surface area contributed by atoms with E-state index in [0.29, 0.717) is 71.1 Å². The van der Waals surface area contributed by atoms with Gasteiger partial charge in [-0.15, -0.1) is 0 Å². The molecule has 1 aliphatic rings. The monoisotopic (exact) mass is 535 g/mol. The number of hydrogen-bond acceptors (Lipinski definition) is 7. The minimum atomic E-state index is -1.33. The number of carbonyl (C=O) groups is 1. The van der Waals surface area contributed by atoms with Crippen molar-refractivity contribution in [1.29, 1.82) is 0 Å². The van der Waals surface area contributed by atoms with Crippen molar-refractivity contribution in [3.8, 4) is 22.3 Å². The lowest BCUT2D eigenvalue weighted by Gasteiger charge is -2.26. The Morgan fingerprint density at radius 3 is 2.67 bits per heavy atom. The predicted molar refractivity (Wildman–Crippen MR) is 145 cm³/mol. The molecule has 1 aliphatic carbocycles. The van der Waals surface area contributed by atoms with Crippen LogP contribution < -0.4 is 15.6 Å². The smallest absolute Gasteiger partial charge is 0.341 e. The minimum Gasteiger partial charge on any atom is -0.477 e. The first-order chi connectivity index (χ1) is 18.7. The summed E-state index contributed by atoms with van der Waals surface area (Å²) in [5.41, 5.74) is 3.18. The number of aromatic nitrogens is 3. The van der Waals surface area contributed by atoms with Gasteiger partial charge in [-0.2, -0.15) is 0 Å². The highest BCUT2D eigenvalue weighted by Crippen LogP contribution is 2.49. The van der Waals surface area contributed by atoms with Crippen LogP contribution in [0.4, 0.5) is 20.2 Å². The Labute approximate surface area is 222 Å². The third-order valence-electron chi connectivity index (χ3n) is 7.13. The van der Waals surface area contributed by atoms with Crippen molar-refractivity contribution in [2.75, 3.05) is 44.6 Å². The zero-order valence-electron chi connectivity index (χ0n) is 21.9. The number of carboxylic acids is 1. The number of ether oxygens (including phenoxy) is 1. The molecule has 0 atom stereocenters. The second-order valence-corrected chi connectivity index (χ2v) is 9.32. The fourth-order valence-electron chi connectivity index (χ4n) is 5.20. The van der Waals surface area contributed by atoms with Gasteiger partial charge in [0.2, 0.25) is 5.43 Å². The zero-order chi connectivity index (χ0) is 28.0. The molecule has 0 saturated heterocycles. The van der Waals surface area contributed by atoms with Crippen molar-refractivity contribution in [2.24, 2.45) is 0 Å². The first kappa shape index (κ1) is 26.2. The molecule has 11 heteroatoms. The molecule has 4 aromatic rings. The van der Waals surface area contributed by atoms with Crippen LogP contribution in [0.15, 0.2) is 35.5 Å². The fourth-order valence-corrected chi connectivity index (χ4v) is 5.20. The molecule has 0 bridgehead atoms. The Balaban J connectivity index is 1.82. The van der Waals surface area contributed by atoms with E-state index in [1.807, 2.05) is 18.9 Å². The number of rotatable bonds is 8. The maximum Gasteiger partial charge on any atom is 0.341 e. The van der Waals surface area contributed by atoms with E-state index >= 15 is 4.39 Å². The highest BCUT2D eigenvalue weighted by atomic mass is 19.2. The number of carboxylic acid groups (broad SMARTS) is 1. The van der Waals surface area contributed by atoms with Gasteiger partial charge in [0, 0.05) is 93.3 Å². The number of hydrogen-bond donors (Lipinski definition) is 2. The third kappa shape index (κ3) is 4.19. The van der Waals surface area contributed by atoms with Crippen LogP contribution in [0.5, 0.6) is 0 Å². The van der Waals surface area contributed by atoms with Gasteiger partial charge in [-0.05, 0) is 18.6 Å². The number of halogens is 2. The molecule has 0 aliphatic heterocycles. The summed E-state index contributed by atoms with van der Waals surface area (Å²) in [6, 6.07) is 2.72. The molecule has 0 unspecified atom stereocenters. The Morgan fingerprint density at radius 1 is 1.23 bits per heavy atom. The highest BCUT2D eigenvalue weighted by Gasteiger charge is 2.33. The van der Waals surface area contributed by atoms with Crippen LogP contribution in [0, 0.1) is 11.6 Å². The molecule has 3 heterocycles. The molecular weight excluding hydrogens is 508 g/mol. The topological polar surface area (TPSA) is 110 Å². The normalized spacial score (nSPS) is 11.9. The number of likely N-dealkylation sites (N-methyl/N-ethyl adjacent to an activating group) is 1. The maximum absolute atomic E-state index is 15.4. The summed E-state index contributed by atoms with van der Waals surface area (Å²) in [4.78, 5) is 35.9. The molecule has 3 aromatic heterocycles. The fraction of sp³-hybridized carbons (Fsp3) is 0.286. The van der Waals surface area contributed by atoms with Gasteiger partial charge in [0.25, 0.3) is 0 Å². The Kier molecular flexibility index (Phi) is 6.77. The SMILES string of the molecule is CCn1cc(C(=O)O)c(=O)c2cc(-c3cnc4c(c3N(C)CCOC)-c3c(F)c(F)cc(NC)c3C4)cnc21. The molecule has 9 nitrogen and oxygen atoms in total. The average Bonchev–Trinajstić information content (AvgIpc) is 3.33. The van der Waals surface area contributed by atoms with E-state index in [1.165, 1.54) is 6.20 Å². The molecule has 0 amide bonds. The molecule has 2 N–H and O–H groups in total. The van der Waals surface area contributed by atoms with Gasteiger partial charge in [0.15, 0.2) is 11.6 Å². The number of methoxy groups -OCH3 is 1. The second-order valence-electron chi connectivity index (χ2n) is 9.32. The van der Waals surface area contributed by atoms with Gasteiger partial charge in [-0.25, -0.2) is 18.6 Å². The summed E-state index contributed by atoms with van der Waals surface area (Å²) < 4.78 is 37.0. The largest absolute Gasteiger partial charge is 0.477 e. The summed E-state index contributed by atoms with van der Waals surface area (Å²) >= 11 is 0. The van der Waals surface area contributed by atoms with Crippen LogP contribution in [0.1, 0.15) is 28.5 Å². The van der Waals surface area contributed by atoms with Crippen LogP contribution >= 0.6 is 0 Å². The minimum absolute atomic E-state index is 0.135. The van der Waals surface area contributed by atoms with Gasteiger partial charge < -0.3 is 24.6 Å². The van der Waals surface area contributed by atoms with E-state index in [2.05, 4.69) is 15.3 Å². The van der Waals surface area contributed by atoms with Crippen molar-refractivity contribution in [3.63, 3.8) is 0 Å². The Hall–Kier alpha value is -4.38. The molecule has 1 aromatic carbocycles. The lowest BCUT2D eigenvalue weighted by Crippen LogP contribution is -2.24. The first-order valence-electron chi connectivity index (χ1n) is 12.4. The van der Waals surface area contributed by atoms with Crippen LogP contribution in [0.3, 0.4) is 0 Å². The highest BCUT2D eigenvalue weighted by molar-refractivity contribution is 5.98. The summed E-state index contributed by atoms with van der Waals surface area (Å²) in [5, 5.41) is 12.7. The standard InChI is InChI=1S/C28H27F2N5O4/c1-5-35-13-18(28(37)38)26(36)16-8-14(11-33-27(16)35)17-12-32-21-9-15-20(31-2)10-19(29)24(30)22(15)23(21)25(17)34(3)6-7-39-4/h8,10-13,31H,5-7,9H2,1-4H3,(H,37,38). The van der Waals surface area contributed by atoms with E-state index in [9.17, 15) is 19.1 Å². The van der Waals surface area contributed by atoms with Crippen LogP contribution in [-0.4, -0.2) is 60.0 Å². The number of nitrogens with one attached hydrogen (secondary N) is 1. The average molecular weight is 536 g/mol. The number of benzene rings is 1. The number of anilines is 2. The van der Waals surface area contributed by atoms with Crippen molar-refractivity contribution >= 4 is 28.4 Å². The number of fused-ring (bicyclic) bond motifs is 4. The lowest BCUT2D eigenvalue weighted by atomic mass is 9.97. The summed E-state index contributed by atoms with van der Waals surface area (Å²) in [5.74, 6) is -3.27. The summed E-state index contributed by atoms with van der Waals surface area (Å²) in [7, 11) is 5.03. The van der Waals surface area contributed by atoms with Crippen molar-refractivity contribution < 1.29 is 23.4 Å². The molecule has 39 heavy (non-hydrogen) atoms. The number of pyridine rings is 3. The second kappa shape index (κ2) is 10.1. The van der Waals surface area contributed by atoms with Crippen molar-refractivity contribution in [2.45, 2.75) is 19.9 Å². The molecular formula is C28H27F2N5O4. The quantitative estimate of drug-likeness (QED) is 0.305. The predicted octanol–water partition coefficient (Wildman–Crippen LogP) is 4.15. The van der Waals surface area contributed by atoms with E-state index < -0.39 is 23.0 Å². The molecule has 5 rings (SSSR count). The zero-order valence-corrected chi connectivity index (χ0v) is 21.9. The summed E-state index contributed by atoms with van der Waals surface area (Å²) in [6.07, 6.45) is 4.79.